The van der Waals surface area contributed by atoms with E-state index in [1.54, 1.807) is 6.33 Å². The number of rotatable bonds is 9. The van der Waals surface area contributed by atoms with E-state index < -0.39 is 0 Å². The van der Waals surface area contributed by atoms with Gasteiger partial charge in [0.2, 0.25) is 0 Å². The second-order valence-corrected chi connectivity index (χ2v) is 10.1. The van der Waals surface area contributed by atoms with Gasteiger partial charge < -0.3 is 19.9 Å². The molecule has 2 atom stereocenters. The van der Waals surface area contributed by atoms with Gasteiger partial charge in [0.05, 0.1) is 18.6 Å². The number of aromatic nitrogens is 3. The number of anilines is 2. The lowest BCUT2D eigenvalue weighted by molar-refractivity contribution is 0.0180. The van der Waals surface area contributed by atoms with Gasteiger partial charge in [-0.2, -0.15) is 0 Å². The molecule has 1 fully saturated rings. The minimum Gasteiger partial charge on any atom is -0.379 e. The maximum atomic E-state index is 5.53. The molecule has 1 aliphatic rings. The van der Waals surface area contributed by atoms with Gasteiger partial charge in [-0.3, -0.25) is 4.90 Å². The smallest absolute Gasteiger partial charge is 0.143 e. The normalized spacial score (nSPS) is 16.3. The molecule has 2 aromatic heterocycles. The highest BCUT2D eigenvalue weighted by molar-refractivity contribution is 6.12. The topological polar surface area (TPSA) is 69.3 Å². The van der Waals surface area contributed by atoms with E-state index in [4.69, 9.17) is 9.72 Å². The van der Waals surface area contributed by atoms with Crippen molar-refractivity contribution >= 4 is 33.4 Å². The molecule has 1 unspecified atom stereocenters. The van der Waals surface area contributed by atoms with Crippen molar-refractivity contribution in [3.8, 4) is 11.1 Å². The molecule has 7 heteroatoms. The molecule has 3 heterocycles. The van der Waals surface area contributed by atoms with Crippen molar-refractivity contribution in [3.63, 3.8) is 0 Å². The molecule has 0 radical (unpaired) electrons. The molecule has 190 valence electrons. The van der Waals surface area contributed by atoms with Gasteiger partial charge in [-0.15, -0.1) is 0 Å². The molecule has 2 aromatic carbocycles. The molecule has 0 aliphatic carbocycles. The van der Waals surface area contributed by atoms with Crippen molar-refractivity contribution in [1.82, 2.24) is 19.9 Å². The zero-order valence-electron chi connectivity index (χ0n) is 21.9. The van der Waals surface area contributed by atoms with Gasteiger partial charge >= 0.3 is 0 Å². The van der Waals surface area contributed by atoms with Crippen LogP contribution in [-0.2, 0) is 4.74 Å². The number of ether oxygens (including phenoxy) is 1. The summed E-state index contributed by atoms with van der Waals surface area (Å²) in [6, 6.07) is 16.1. The zero-order valence-corrected chi connectivity index (χ0v) is 21.9. The average molecular weight is 487 g/mol. The molecule has 0 amide bonds. The number of nitrogens with zero attached hydrogens (tertiary/aromatic N) is 4. The quantitative estimate of drug-likeness (QED) is 0.324. The van der Waals surface area contributed by atoms with Crippen LogP contribution in [0, 0.1) is 0 Å². The van der Waals surface area contributed by atoms with Gasteiger partial charge in [-0.1, -0.05) is 31.2 Å². The Morgan fingerprint density at radius 2 is 1.89 bits per heavy atom. The van der Waals surface area contributed by atoms with E-state index in [0.29, 0.717) is 12.1 Å². The molecular weight excluding hydrogens is 448 g/mol. The summed E-state index contributed by atoms with van der Waals surface area (Å²) in [7, 11) is 4.17. The second-order valence-electron chi connectivity index (χ2n) is 10.1. The Balaban J connectivity index is 1.43. The number of hydrogen-bond acceptors (Lipinski definition) is 6. The first-order chi connectivity index (χ1) is 17.5. The first-order valence-corrected chi connectivity index (χ1v) is 13.2. The summed E-state index contributed by atoms with van der Waals surface area (Å²) >= 11 is 0. The summed E-state index contributed by atoms with van der Waals surface area (Å²) in [6.45, 7) is 8.36. The number of hydrogen-bond donors (Lipinski definition) is 2. The standard InChI is InChI=1S/C29H38N6O/c1-5-22(12-10-20(2)35-14-16-36-17-15-35)32-28-27-24-18-21(23-8-6-7-9-26(23)34(3)4)11-13-25(24)33-29(27)31-19-30-28/h6-9,11,13,18-20,22H,5,10,12,14-17H2,1-4H3,(H2,30,31,32,33)/t20-,22?/m0/s1. The third kappa shape index (κ3) is 5.04. The third-order valence-corrected chi connectivity index (χ3v) is 7.52. The Morgan fingerprint density at radius 3 is 2.67 bits per heavy atom. The maximum absolute atomic E-state index is 5.53. The highest BCUT2D eigenvalue weighted by Gasteiger charge is 2.20. The lowest BCUT2D eigenvalue weighted by atomic mass is 10.0. The molecular formula is C29H38N6O. The Labute approximate surface area is 213 Å². The molecule has 5 rings (SSSR count). The Bertz CT molecular complexity index is 1310. The van der Waals surface area contributed by atoms with E-state index in [1.165, 1.54) is 16.8 Å². The van der Waals surface area contributed by atoms with Gasteiger partial charge in [0.1, 0.15) is 17.8 Å². The first-order valence-electron chi connectivity index (χ1n) is 13.2. The van der Waals surface area contributed by atoms with E-state index in [2.05, 4.69) is 95.5 Å². The summed E-state index contributed by atoms with van der Waals surface area (Å²) < 4.78 is 5.53. The van der Waals surface area contributed by atoms with Gasteiger partial charge in [-0.25, -0.2) is 9.97 Å². The number of nitrogens with one attached hydrogen (secondary N) is 2. The lowest BCUT2D eigenvalue weighted by Crippen LogP contribution is -2.42. The van der Waals surface area contributed by atoms with Gasteiger partial charge in [0, 0.05) is 61.4 Å². The van der Waals surface area contributed by atoms with Crippen LogP contribution in [0.3, 0.4) is 0 Å². The van der Waals surface area contributed by atoms with Gasteiger partial charge in [0.25, 0.3) is 0 Å². The molecule has 36 heavy (non-hydrogen) atoms. The average Bonchev–Trinajstić information content (AvgIpc) is 3.30. The Morgan fingerprint density at radius 1 is 1.08 bits per heavy atom. The van der Waals surface area contributed by atoms with Crippen molar-refractivity contribution < 1.29 is 4.74 Å². The summed E-state index contributed by atoms with van der Waals surface area (Å²) in [5.41, 5.74) is 5.56. The second kappa shape index (κ2) is 10.8. The van der Waals surface area contributed by atoms with Crippen LogP contribution < -0.4 is 10.2 Å². The van der Waals surface area contributed by atoms with Crippen LogP contribution in [0.15, 0.2) is 48.8 Å². The molecule has 0 spiro atoms. The fourth-order valence-electron chi connectivity index (χ4n) is 5.32. The highest BCUT2D eigenvalue weighted by Crippen LogP contribution is 2.36. The third-order valence-electron chi connectivity index (χ3n) is 7.52. The Hall–Kier alpha value is -3.16. The highest BCUT2D eigenvalue weighted by atomic mass is 16.5. The number of aromatic amines is 1. The predicted octanol–water partition coefficient (Wildman–Crippen LogP) is 5.54. The monoisotopic (exact) mass is 486 g/mol. The first kappa shape index (κ1) is 24.5. The van der Waals surface area contributed by atoms with Crippen LogP contribution in [0.4, 0.5) is 11.5 Å². The SMILES string of the molecule is CCC(CC[C@H](C)N1CCOCC1)Nc1ncnc2[nH]c3ccc(-c4ccccc4N(C)C)cc3c12. The molecule has 2 N–H and O–H groups in total. The number of H-pyrrole nitrogens is 1. The summed E-state index contributed by atoms with van der Waals surface area (Å²) in [4.78, 5) is 17.5. The maximum Gasteiger partial charge on any atom is 0.143 e. The largest absolute Gasteiger partial charge is 0.379 e. The summed E-state index contributed by atoms with van der Waals surface area (Å²) in [5, 5.41) is 5.99. The predicted molar refractivity (Wildman–Crippen MR) is 150 cm³/mol. The number of morpholine rings is 1. The number of para-hydroxylation sites is 1. The van der Waals surface area contributed by atoms with Crippen molar-refractivity contribution in [1.29, 1.82) is 0 Å². The van der Waals surface area contributed by atoms with Gasteiger partial charge in [-0.05, 0) is 49.9 Å². The van der Waals surface area contributed by atoms with Crippen LogP contribution in [0.25, 0.3) is 33.1 Å². The molecule has 4 aromatic rings. The van der Waals surface area contributed by atoms with Crippen LogP contribution in [0.1, 0.15) is 33.1 Å². The van der Waals surface area contributed by atoms with E-state index >= 15 is 0 Å². The minimum atomic E-state index is 0.356. The van der Waals surface area contributed by atoms with Crippen molar-refractivity contribution in [3.05, 3.63) is 48.8 Å². The molecule has 7 nitrogen and oxygen atoms in total. The molecule has 0 bridgehead atoms. The van der Waals surface area contributed by atoms with Crippen LogP contribution in [-0.4, -0.2) is 72.3 Å². The lowest BCUT2D eigenvalue weighted by Gasteiger charge is -2.33. The molecule has 0 saturated carbocycles. The fourth-order valence-corrected chi connectivity index (χ4v) is 5.32. The fraction of sp³-hybridized carbons (Fsp3) is 0.448. The summed E-state index contributed by atoms with van der Waals surface area (Å²) in [6.07, 6.45) is 4.96. The van der Waals surface area contributed by atoms with Crippen molar-refractivity contribution in [2.75, 3.05) is 50.6 Å². The van der Waals surface area contributed by atoms with E-state index in [0.717, 1.165) is 73.3 Å². The van der Waals surface area contributed by atoms with E-state index in [1.807, 2.05) is 0 Å². The minimum absolute atomic E-state index is 0.356. The van der Waals surface area contributed by atoms with E-state index in [9.17, 15) is 0 Å². The van der Waals surface area contributed by atoms with Crippen LogP contribution >= 0.6 is 0 Å². The zero-order chi connectivity index (χ0) is 25.1. The van der Waals surface area contributed by atoms with E-state index in [-0.39, 0.29) is 0 Å². The van der Waals surface area contributed by atoms with Gasteiger partial charge in [0.15, 0.2) is 0 Å². The van der Waals surface area contributed by atoms with Crippen LogP contribution in [0.5, 0.6) is 0 Å². The van der Waals surface area contributed by atoms with Crippen molar-refractivity contribution in [2.24, 2.45) is 0 Å². The van der Waals surface area contributed by atoms with Crippen molar-refractivity contribution in [2.45, 2.75) is 45.2 Å². The number of benzene rings is 2. The van der Waals surface area contributed by atoms with Crippen LogP contribution in [0.2, 0.25) is 0 Å². The molecule has 1 aliphatic heterocycles. The summed E-state index contributed by atoms with van der Waals surface area (Å²) in [5.74, 6) is 0.912. The number of fused-ring (bicyclic) bond motifs is 3. The molecule has 1 saturated heterocycles. The Kier molecular flexibility index (Phi) is 7.39.